The van der Waals surface area contributed by atoms with Crippen LogP contribution in [0.25, 0.3) is 0 Å². The molecule has 0 aliphatic carbocycles. The van der Waals surface area contributed by atoms with Gasteiger partial charge in [0.25, 0.3) is 0 Å². The van der Waals surface area contributed by atoms with Gasteiger partial charge in [-0.05, 0) is 12.1 Å². The Morgan fingerprint density at radius 3 is 2.55 bits per heavy atom. The number of nitrogens with zero attached hydrogens (tertiary/aromatic N) is 2. The minimum absolute atomic E-state index is 0.220. The largest absolute Gasteiger partial charge is 0.480 e. The molecule has 8 nitrogen and oxygen atoms in total. The maximum absolute atomic E-state index is 10.3. The summed E-state index contributed by atoms with van der Waals surface area (Å²) >= 11 is 0. The number of hydrogen-bond donors (Lipinski definition) is 4. The Balaban J connectivity index is 0.000000204. The lowest BCUT2D eigenvalue weighted by atomic mass is 10.2. The van der Waals surface area contributed by atoms with Gasteiger partial charge in [-0.25, -0.2) is 9.78 Å². The average molecular weight is 278 g/mol. The summed E-state index contributed by atoms with van der Waals surface area (Å²) in [4.78, 5) is 30.6. The average Bonchev–Trinajstić information content (AvgIpc) is 2.93. The number of aromatic amines is 1. The Morgan fingerprint density at radius 2 is 2.15 bits per heavy atom. The van der Waals surface area contributed by atoms with Gasteiger partial charge in [-0.15, -0.1) is 0 Å². The van der Waals surface area contributed by atoms with E-state index in [1.54, 1.807) is 12.3 Å². The first kappa shape index (κ1) is 15.3. The molecule has 0 aliphatic rings. The van der Waals surface area contributed by atoms with Gasteiger partial charge in [0.2, 0.25) is 0 Å². The highest BCUT2D eigenvalue weighted by Crippen LogP contribution is 1.95. The number of aromatic carboxylic acids is 1. The highest BCUT2D eigenvalue weighted by Gasteiger charge is 2.12. The highest BCUT2D eigenvalue weighted by molar-refractivity contribution is 5.86. The zero-order valence-electron chi connectivity index (χ0n) is 10.4. The minimum atomic E-state index is -1.01. The van der Waals surface area contributed by atoms with Crippen molar-refractivity contribution in [1.29, 1.82) is 0 Å². The van der Waals surface area contributed by atoms with Gasteiger partial charge >= 0.3 is 11.9 Å². The van der Waals surface area contributed by atoms with Gasteiger partial charge in [0.15, 0.2) is 0 Å². The van der Waals surface area contributed by atoms with Crippen LogP contribution in [0.4, 0.5) is 0 Å². The van der Waals surface area contributed by atoms with E-state index in [9.17, 15) is 9.59 Å². The maximum atomic E-state index is 10.3. The molecule has 2 aromatic rings. The fraction of sp³-hybridized carbons (Fsp3) is 0.167. The number of rotatable bonds is 4. The SMILES string of the molecule is N[C@@H](Cc1c[nH]cn1)C(=O)O.O=C(O)c1cccnc1. The second-order valence-electron chi connectivity index (χ2n) is 3.76. The van der Waals surface area contributed by atoms with Crippen LogP contribution >= 0.6 is 0 Å². The zero-order valence-corrected chi connectivity index (χ0v) is 10.4. The molecule has 2 heterocycles. The third-order valence-electron chi connectivity index (χ3n) is 2.21. The van der Waals surface area contributed by atoms with Gasteiger partial charge in [-0.3, -0.25) is 9.78 Å². The fourth-order valence-electron chi connectivity index (χ4n) is 1.20. The predicted molar refractivity (Wildman–Crippen MR) is 69.1 cm³/mol. The van der Waals surface area contributed by atoms with Gasteiger partial charge in [0, 0.05) is 25.0 Å². The molecular formula is C12H14N4O4. The first-order valence-electron chi connectivity index (χ1n) is 5.60. The van der Waals surface area contributed by atoms with E-state index in [0.29, 0.717) is 5.69 Å². The summed E-state index contributed by atoms with van der Waals surface area (Å²) in [5.41, 5.74) is 6.14. The topological polar surface area (TPSA) is 142 Å². The van der Waals surface area contributed by atoms with Crippen LogP contribution in [-0.2, 0) is 11.2 Å². The van der Waals surface area contributed by atoms with Crippen molar-refractivity contribution in [2.45, 2.75) is 12.5 Å². The van der Waals surface area contributed by atoms with Crippen LogP contribution in [-0.4, -0.2) is 43.1 Å². The normalized spacial score (nSPS) is 11.1. The van der Waals surface area contributed by atoms with E-state index in [1.807, 2.05) is 0 Å². The Kier molecular flexibility index (Phi) is 5.85. The van der Waals surface area contributed by atoms with Gasteiger partial charge < -0.3 is 20.9 Å². The van der Waals surface area contributed by atoms with Crippen LogP contribution in [0.15, 0.2) is 37.1 Å². The molecule has 0 spiro atoms. The lowest BCUT2D eigenvalue weighted by molar-refractivity contribution is -0.138. The molecule has 0 bridgehead atoms. The van der Waals surface area contributed by atoms with Crippen molar-refractivity contribution in [3.63, 3.8) is 0 Å². The quantitative estimate of drug-likeness (QED) is 0.623. The molecule has 0 unspecified atom stereocenters. The van der Waals surface area contributed by atoms with Gasteiger partial charge in [0.05, 0.1) is 17.6 Å². The number of carboxylic acids is 2. The van der Waals surface area contributed by atoms with Gasteiger partial charge in [-0.1, -0.05) is 0 Å². The lowest BCUT2D eigenvalue weighted by Gasteiger charge is -2.01. The summed E-state index contributed by atoms with van der Waals surface area (Å²) < 4.78 is 0. The Morgan fingerprint density at radius 1 is 1.40 bits per heavy atom. The van der Waals surface area contributed by atoms with Crippen molar-refractivity contribution in [2.24, 2.45) is 5.73 Å². The Labute approximate surface area is 114 Å². The number of aromatic nitrogens is 3. The molecule has 8 heteroatoms. The molecule has 5 N–H and O–H groups in total. The van der Waals surface area contributed by atoms with E-state index in [0.717, 1.165) is 0 Å². The number of H-pyrrole nitrogens is 1. The van der Waals surface area contributed by atoms with Crippen LogP contribution in [0.3, 0.4) is 0 Å². The molecule has 0 amide bonds. The number of carboxylic acid groups (broad SMARTS) is 2. The van der Waals surface area contributed by atoms with Crippen molar-refractivity contribution in [1.82, 2.24) is 15.0 Å². The van der Waals surface area contributed by atoms with Crippen LogP contribution in [0.5, 0.6) is 0 Å². The molecule has 0 aromatic carbocycles. The lowest BCUT2D eigenvalue weighted by Crippen LogP contribution is -2.32. The molecule has 0 aliphatic heterocycles. The van der Waals surface area contributed by atoms with E-state index >= 15 is 0 Å². The monoisotopic (exact) mass is 278 g/mol. The molecule has 0 fully saturated rings. The molecular weight excluding hydrogens is 264 g/mol. The second-order valence-corrected chi connectivity index (χ2v) is 3.76. The third-order valence-corrected chi connectivity index (χ3v) is 2.21. The molecule has 0 saturated heterocycles. The van der Waals surface area contributed by atoms with E-state index < -0.39 is 18.0 Å². The van der Waals surface area contributed by atoms with Crippen molar-refractivity contribution >= 4 is 11.9 Å². The first-order chi connectivity index (χ1) is 9.50. The van der Waals surface area contributed by atoms with Crippen molar-refractivity contribution in [2.75, 3.05) is 0 Å². The second kappa shape index (κ2) is 7.64. The Bertz CT molecular complexity index is 542. The molecule has 20 heavy (non-hydrogen) atoms. The number of aliphatic carboxylic acids is 1. The summed E-state index contributed by atoms with van der Waals surface area (Å²) in [7, 11) is 0. The number of carbonyl (C=O) groups is 2. The van der Waals surface area contributed by atoms with Crippen LogP contribution in [0.1, 0.15) is 16.1 Å². The van der Waals surface area contributed by atoms with Crippen LogP contribution in [0.2, 0.25) is 0 Å². The standard InChI is InChI=1S/C6H9N3O2.C6H5NO2/c7-5(6(10)11)1-4-2-8-3-9-4;8-6(9)5-2-1-3-7-4-5/h2-3,5H,1,7H2,(H,8,9)(H,10,11);1-4H,(H,8,9)/t5-;/m0./s1. The number of pyridine rings is 1. The molecule has 106 valence electrons. The summed E-state index contributed by atoms with van der Waals surface area (Å²) in [5, 5.41) is 16.8. The minimum Gasteiger partial charge on any atom is -0.480 e. The molecule has 2 rings (SSSR count). The third kappa shape index (κ3) is 5.27. The van der Waals surface area contributed by atoms with Crippen molar-refractivity contribution < 1.29 is 19.8 Å². The van der Waals surface area contributed by atoms with E-state index in [4.69, 9.17) is 15.9 Å². The van der Waals surface area contributed by atoms with Crippen molar-refractivity contribution in [3.05, 3.63) is 48.3 Å². The summed E-state index contributed by atoms with van der Waals surface area (Å²) in [6, 6.07) is 2.22. The fourth-order valence-corrected chi connectivity index (χ4v) is 1.20. The predicted octanol–water partition coefficient (Wildman–Crippen LogP) is 0.144. The van der Waals surface area contributed by atoms with E-state index in [-0.39, 0.29) is 12.0 Å². The smallest absolute Gasteiger partial charge is 0.337 e. The summed E-state index contributed by atoms with van der Waals surface area (Å²) in [6.07, 6.45) is 6.22. The molecule has 0 saturated carbocycles. The molecule has 1 atom stereocenters. The highest BCUT2D eigenvalue weighted by atomic mass is 16.4. The Hall–Kier alpha value is -2.74. The first-order valence-corrected chi connectivity index (χ1v) is 5.60. The molecule has 2 aromatic heterocycles. The van der Waals surface area contributed by atoms with E-state index in [2.05, 4.69) is 15.0 Å². The van der Waals surface area contributed by atoms with E-state index in [1.165, 1.54) is 24.8 Å². The zero-order chi connectivity index (χ0) is 15.0. The summed E-state index contributed by atoms with van der Waals surface area (Å²) in [6.45, 7) is 0. The molecule has 0 radical (unpaired) electrons. The van der Waals surface area contributed by atoms with Gasteiger partial charge in [0.1, 0.15) is 6.04 Å². The number of nitrogens with one attached hydrogen (secondary N) is 1. The van der Waals surface area contributed by atoms with Crippen molar-refractivity contribution in [3.8, 4) is 0 Å². The van der Waals surface area contributed by atoms with Crippen LogP contribution < -0.4 is 5.73 Å². The summed E-state index contributed by atoms with van der Waals surface area (Å²) in [5.74, 6) is -1.95. The number of hydrogen-bond acceptors (Lipinski definition) is 5. The van der Waals surface area contributed by atoms with Gasteiger partial charge in [-0.2, -0.15) is 0 Å². The van der Waals surface area contributed by atoms with Crippen LogP contribution in [0, 0.1) is 0 Å². The number of nitrogens with two attached hydrogens (primary N) is 1. The maximum Gasteiger partial charge on any atom is 0.337 e. The number of imidazole rings is 1.